The van der Waals surface area contributed by atoms with Crippen LogP contribution in [0.1, 0.15) is 68.9 Å². The van der Waals surface area contributed by atoms with Gasteiger partial charge in [-0.1, -0.05) is 115 Å². The maximum Gasteiger partial charge on any atom is 0.264 e. The molecule has 0 bridgehead atoms. The Labute approximate surface area is 613 Å². The van der Waals surface area contributed by atoms with Crippen LogP contribution in [0.25, 0.3) is 60.8 Å². The van der Waals surface area contributed by atoms with E-state index in [0.717, 1.165) is 136 Å². The smallest absolute Gasteiger partial charge is 0.264 e. The van der Waals surface area contributed by atoms with E-state index in [2.05, 4.69) is 127 Å². The van der Waals surface area contributed by atoms with Crippen molar-refractivity contribution in [3.05, 3.63) is 182 Å². The van der Waals surface area contributed by atoms with E-state index in [1.54, 1.807) is 21.8 Å². The zero-order chi connectivity index (χ0) is 70.4. The number of aliphatic imine (C=N–C) groups is 1. The second-order valence-corrected chi connectivity index (χ2v) is 39.6. The molecule has 0 spiro atoms. The summed E-state index contributed by atoms with van der Waals surface area (Å²) in [5, 5.41) is 34.4. The molecule has 1 aliphatic heterocycles. The molecule has 11 aromatic rings. The van der Waals surface area contributed by atoms with Gasteiger partial charge in [0, 0.05) is 100 Å². The molecule has 24 heteroatoms. The number of hydrogen-bond donors (Lipinski definition) is 1. The van der Waals surface area contributed by atoms with Gasteiger partial charge in [-0.2, -0.15) is 33.9 Å². The van der Waals surface area contributed by atoms with Gasteiger partial charge in [0.1, 0.15) is 48.0 Å². The zero-order valence-corrected chi connectivity index (χ0v) is 61.9. The average molecular weight is 1460 g/mol. The first-order chi connectivity index (χ1) is 47.6. The second kappa shape index (κ2) is 40.8. The Kier molecular flexibility index (Phi) is 33.6. The van der Waals surface area contributed by atoms with Crippen LogP contribution in [0.15, 0.2) is 182 Å². The van der Waals surface area contributed by atoms with Gasteiger partial charge in [-0.3, -0.25) is 23.2 Å². The van der Waals surface area contributed by atoms with Gasteiger partial charge in [0.2, 0.25) is 0 Å². The third kappa shape index (κ3) is 27.0. The molecular formula is C79H112N12O9SSi2. The number of likely N-dealkylation sites (N-methyl/N-ethyl adjacent to an activating group) is 1. The van der Waals surface area contributed by atoms with Crippen LogP contribution in [-0.2, 0) is 56.9 Å². The van der Waals surface area contributed by atoms with Crippen LogP contribution in [0.3, 0.4) is 0 Å². The van der Waals surface area contributed by atoms with E-state index in [1.807, 2.05) is 160 Å². The molecule has 0 radical (unpaired) electrons. The Morgan fingerprint density at radius 3 is 1.25 bits per heavy atom. The van der Waals surface area contributed by atoms with Gasteiger partial charge in [-0.25, -0.2) is 9.36 Å². The quantitative estimate of drug-likeness (QED) is 0.0252. The van der Waals surface area contributed by atoms with E-state index in [1.165, 1.54) is 24.0 Å². The van der Waals surface area contributed by atoms with Crippen molar-refractivity contribution in [1.82, 2.24) is 53.8 Å². The first-order valence-corrected chi connectivity index (χ1v) is 43.1. The number of aliphatic hydroxyl groups is 1. The Bertz CT molecular complexity index is 4490. The Hall–Kier alpha value is -8.86. The SMILES string of the molecule is C.C.C.C.CCCC.CCN(C)CCn1cc2cc(Oc3ccc(C4=CC=NC4)cc3)ccc2n1.C[Si](C)(C)CCOCn1nccc1-c1ccc(Oc2ccc3nn(CCO)cc3c2)cc1.C[Si](C)(C)CCOCn1nccc1-c1ccc(Oc2ccc3nn(CCOS(C)(=O)=O)cc3c2)cc1. The van der Waals surface area contributed by atoms with Crippen LogP contribution in [0.2, 0.25) is 51.4 Å². The summed E-state index contributed by atoms with van der Waals surface area (Å²) in [6, 6.07) is 47.7. The highest BCUT2D eigenvalue weighted by Crippen LogP contribution is 2.32. The lowest BCUT2D eigenvalue weighted by atomic mass is 10.1. The molecule has 0 amide bonds. The van der Waals surface area contributed by atoms with Gasteiger partial charge < -0.3 is 33.7 Å². The molecule has 0 saturated heterocycles. The van der Waals surface area contributed by atoms with Crippen LogP contribution in [0.4, 0.5) is 0 Å². The normalized spacial score (nSPS) is 11.8. The predicted molar refractivity (Wildman–Crippen MR) is 429 cm³/mol. The minimum atomic E-state index is -3.47. The molecule has 1 N–H and O–H groups in total. The second-order valence-electron chi connectivity index (χ2n) is 26.7. The summed E-state index contributed by atoms with van der Waals surface area (Å²) in [7, 11) is -3.56. The third-order valence-electron chi connectivity index (χ3n) is 16.0. The largest absolute Gasteiger partial charge is 0.457 e. The van der Waals surface area contributed by atoms with Crippen LogP contribution in [0, 0.1) is 0 Å². The topological polar surface area (TPSA) is 214 Å². The first kappa shape index (κ1) is 84.8. The van der Waals surface area contributed by atoms with Crippen molar-refractivity contribution in [2.24, 2.45) is 4.99 Å². The van der Waals surface area contributed by atoms with E-state index in [4.69, 9.17) is 33.0 Å². The van der Waals surface area contributed by atoms with E-state index in [9.17, 15) is 8.42 Å². The van der Waals surface area contributed by atoms with Gasteiger partial charge in [0.25, 0.3) is 10.1 Å². The minimum absolute atomic E-state index is 0. The molecule has 556 valence electrons. The minimum Gasteiger partial charge on any atom is -0.457 e. The molecule has 6 aromatic carbocycles. The fourth-order valence-corrected chi connectivity index (χ4v) is 11.9. The molecule has 5 aromatic heterocycles. The summed E-state index contributed by atoms with van der Waals surface area (Å²) in [4.78, 5) is 6.51. The number of unbranched alkanes of at least 4 members (excludes halogenated alkanes) is 1. The number of ether oxygens (including phenoxy) is 5. The van der Waals surface area contributed by atoms with Crippen molar-refractivity contribution in [3.63, 3.8) is 0 Å². The molecular weight excluding hydrogens is 1350 g/mol. The molecule has 0 atom stereocenters. The van der Waals surface area contributed by atoms with Crippen molar-refractivity contribution in [3.8, 4) is 57.0 Å². The maximum atomic E-state index is 11.1. The molecule has 0 fully saturated rings. The number of aliphatic hydroxyl groups excluding tert-OH is 1. The van der Waals surface area contributed by atoms with Gasteiger partial charge in [-0.15, -0.1) is 0 Å². The van der Waals surface area contributed by atoms with E-state index in [-0.39, 0.29) is 42.9 Å². The maximum absolute atomic E-state index is 11.1. The number of fused-ring (bicyclic) bond motifs is 3. The van der Waals surface area contributed by atoms with Crippen molar-refractivity contribution in [2.45, 2.75) is 148 Å². The summed E-state index contributed by atoms with van der Waals surface area (Å²) < 4.78 is 66.0. The van der Waals surface area contributed by atoms with Crippen molar-refractivity contribution in [2.75, 3.05) is 59.4 Å². The lowest BCUT2D eigenvalue weighted by molar-refractivity contribution is 0.0797. The summed E-state index contributed by atoms with van der Waals surface area (Å²) in [6.07, 6.45) is 17.0. The number of hydrogen-bond acceptors (Lipinski definition) is 16. The van der Waals surface area contributed by atoms with Crippen LogP contribution in [-0.4, -0.2) is 149 Å². The molecule has 0 aliphatic carbocycles. The molecule has 6 heterocycles. The fraction of sp³-hybridized carbons (Fsp3) is 0.392. The third-order valence-corrected chi connectivity index (χ3v) is 20.0. The molecule has 12 rings (SSSR count). The van der Waals surface area contributed by atoms with E-state index in [0.29, 0.717) is 38.1 Å². The van der Waals surface area contributed by atoms with E-state index >= 15 is 0 Å². The Morgan fingerprint density at radius 1 is 0.505 bits per heavy atom. The van der Waals surface area contributed by atoms with Crippen molar-refractivity contribution < 1.29 is 41.4 Å². The van der Waals surface area contributed by atoms with Gasteiger partial charge in [0.15, 0.2) is 0 Å². The summed E-state index contributed by atoms with van der Waals surface area (Å²) in [5.41, 5.74) is 9.18. The van der Waals surface area contributed by atoms with Gasteiger partial charge in [-0.05, 0) is 170 Å². The highest BCUT2D eigenvalue weighted by Gasteiger charge is 2.16. The summed E-state index contributed by atoms with van der Waals surface area (Å²) in [5.74, 6) is 4.55. The van der Waals surface area contributed by atoms with Gasteiger partial charge in [0.05, 0.1) is 73.6 Å². The monoisotopic (exact) mass is 1460 g/mol. The van der Waals surface area contributed by atoms with Crippen LogP contribution >= 0.6 is 0 Å². The molecule has 103 heavy (non-hydrogen) atoms. The Morgan fingerprint density at radius 2 is 0.893 bits per heavy atom. The number of nitrogens with zero attached hydrogens (tertiary/aromatic N) is 12. The lowest BCUT2D eigenvalue weighted by Crippen LogP contribution is -2.22. The fourth-order valence-electron chi connectivity index (χ4n) is 10.0. The standard InChI is InChI=1S/C25H32N4O5SSi.C24H30N4O3Si.C22H24N4O.C4H10.4CH4/c1-35(30,31)33-14-13-28-18-21-17-23(9-10-24(21)27-28)34-22-7-5-20(6-8-22)25-11-12-26-29(25)19-32-15-16-36(2,3)4;1-32(2,3)15-14-30-18-28-24(10-11-25-28)19-4-6-21(7-5-19)31-22-8-9-23-20(16-22)17-27(26-23)12-13-29;1-3-25(2)12-13-26-16-19-14-21(8-9-22(19)24-26)27-20-6-4-17(5-7-20)18-10-11-23-15-18;1-3-4-2;;;;/h5-12,17-18H,13-16,19H2,1-4H3;4-11,16-17,29H,12-15,18H2,1-3H3;4-11,14,16H,3,12-13,15H2,1-2H3;3-4H2,1-2H3;4*1H4. The Balaban J connectivity index is 0.000000268. The van der Waals surface area contributed by atoms with Crippen LogP contribution < -0.4 is 14.2 Å². The van der Waals surface area contributed by atoms with Gasteiger partial charge >= 0.3 is 0 Å². The summed E-state index contributed by atoms with van der Waals surface area (Å²) in [6.45, 7) is 27.6. The molecule has 1 aliphatic rings. The predicted octanol–water partition coefficient (Wildman–Crippen LogP) is 18.6. The number of aromatic nitrogens is 10. The molecule has 0 unspecified atom stereocenters. The molecule has 21 nitrogen and oxygen atoms in total. The zero-order valence-electron chi connectivity index (χ0n) is 59.1. The summed E-state index contributed by atoms with van der Waals surface area (Å²) >= 11 is 0. The number of allylic oxidation sites excluding steroid dienone is 1. The van der Waals surface area contributed by atoms with E-state index < -0.39 is 26.3 Å². The first-order valence-electron chi connectivity index (χ1n) is 33.9. The molecule has 0 saturated carbocycles. The number of benzene rings is 6. The highest BCUT2D eigenvalue weighted by atomic mass is 32.2. The van der Waals surface area contributed by atoms with Crippen molar-refractivity contribution in [1.29, 1.82) is 0 Å². The highest BCUT2D eigenvalue weighted by molar-refractivity contribution is 7.86. The lowest BCUT2D eigenvalue weighted by Gasteiger charge is -2.16. The number of rotatable bonds is 30. The van der Waals surface area contributed by atoms with Crippen molar-refractivity contribution >= 4 is 70.8 Å². The van der Waals surface area contributed by atoms with Crippen LogP contribution in [0.5, 0.6) is 34.5 Å². The average Bonchev–Trinajstić information content (AvgIpc) is 1.77.